The number of hydrogen-bond acceptors (Lipinski definition) is 2. The van der Waals surface area contributed by atoms with Crippen molar-refractivity contribution in [2.75, 3.05) is 13.1 Å². The second kappa shape index (κ2) is 4.11. The van der Waals surface area contributed by atoms with E-state index in [0.29, 0.717) is 6.04 Å². The summed E-state index contributed by atoms with van der Waals surface area (Å²) in [5.41, 5.74) is 1.46. The molecule has 13 heavy (non-hydrogen) atoms. The zero-order chi connectivity index (χ0) is 9.26. The topological polar surface area (TPSA) is 3.24 Å². The Hall–Kier alpha value is 0.140. The highest BCUT2D eigenvalue weighted by atomic mass is 79.9. The van der Waals surface area contributed by atoms with Gasteiger partial charge in [0.05, 0.1) is 3.79 Å². The van der Waals surface area contributed by atoms with Crippen molar-refractivity contribution >= 4 is 27.3 Å². The van der Waals surface area contributed by atoms with Gasteiger partial charge in [0.1, 0.15) is 0 Å². The third-order valence-electron chi connectivity index (χ3n) is 2.76. The molecule has 1 aromatic heterocycles. The van der Waals surface area contributed by atoms with Gasteiger partial charge in [0.15, 0.2) is 0 Å². The lowest BCUT2D eigenvalue weighted by molar-refractivity contribution is 0.263. The maximum atomic E-state index is 3.51. The molecule has 3 heteroatoms. The predicted octanol–water partition coefficient (Wildman–Crippen LogP) is 3.67. The molecule has 0 aromatic carbocycles. The Bertz CT molecular complexity index is 278. The van der Waals surface area contributed by atoms with Crippen LogP contribution in [-0.2, 0) is 0 Å². The molecule has 0 aliphatic carbocycles. The summed E-state index contributed by atoms with van der Waals surface area (Å²) in [5, 5.41) is 2.26. The van der Waals surface area contributed by atoms with Crippen molar-refractivity contribution in [3.63, 3.8) is 0 Å². The van der Waals surface area contributed by atoms with Crippen LogP contribution in [0.1, 0.15) is 31.4 Å². The first kappa shape index (κ1) is 9.69. The van der Waals surface area contributed by atoms with Gasteiger partial charge in [-0.1, -0.05) is 0 Å². The molecule has 72 valence electrons. The normalized spacial score (nSPS) is 20.8. The second-order valence-electron chi connectivity index (χ2n) is 3.60. The monoisotopic (exact) mass is 259 g/mol. The molecule has 0 N–H and O–H groups in total. The Kier molecular flexibility index (Phi) is 3.06. The van der Waals surface area contributed by atoms with Crippen molar-refractivity contribution < 1.29 is 0 Å². The van der Waals surface area contributed by atoms with Gasteiger partial charge in [-0.15, -0.1) is 11.3 Å². The van der Waals surface area contributed by atoms with Crippen LogP contribution in [0.5, 0.6) is 0 Å². The van der Waals surface area contributed by atoms with Crippen LogP contribution in [0, 0.1) is 0 Å². The molecular weight excluding hydrogens is 246 g/mol. The highest BCUT2D eigenvalue weighted by molar-refractivity contribution is 9.11. The fourth-order valence-electron chi connectivity index (χ4n) is 1.88. The smallest absolute Gasteiger partial charge is 0.0701 e. The predicted molar refractivity (Wildman–Crippen MR) is 61.2 cm³/mol. The molecule has 0 saturated carbocycles. The third-order valence-corrected chi connectivity index (χ3v) is 4.28. The van der Waals surface area contributed by atoms with Crippen LogP contribution in [0.15, 0.2) is 15.2 Å². The molecule has 1 aromatic rings. The van der Waals surface area contributed by atoms with E-state index in [2.05, 4.69) is 39.2 Å². The van der Waals surface area contributed by atoms with Gasteiger partial charge in [-0.3, -0.25) is 4.90 Å². The molecule has 2 heterocycles. The molecule has 1 atom stereocenters. The largest absolute Gasteiger partial charge is 0.297 e. The summed E-state index contributed by atoms with van der Waals surface area (Å²) in [5.74, 6) is 0. The Morgan fingerprint density at radius 1 is 1.46 bits per heavy atom. The average Bonchev–Trinajstić information content (AvgIpc) is 2.72. The summed E-state index contributed by atoms with van der Waals surface area (Å²) in [6.07, 6.45) is 2.74. The highest BCUT2D eigenvalue weighted by Crippen LogP contribution is 2.30. The van der Waals surface area contributed by atoms with Crippen molar-refractivity contribution in [1.29, 1.82) is 0 Å². The van der Waals surface area contributed by atoms with Gasteiger partial charge in [-0.25, -0.2) is 0 Å². The van der Waals surface area contributed by atoms with Crippen molar-refractivity contribution in [2.24, 2.45) is 0 Å². The molecule has 1 nitrogen and oxygen atoms in total. The van der Waals surface area contributed by atoms with E-state index in [1.165, 1.54) is 35.3 Å². The molecule has 1 saturated heterocycles. The zero-order valence-corrected chi connectivity index (χ0v) is 10.2. The minimum Gasteiger partial charge on any atom is -0.297 e. The molecule has 1 aliphatic rings. The van der Waals surface area contributed by atoms with Crippen LogP contribution >= 0.6 is 27.3 Å². The molecule has 0 bridgehead atoms. The van der Waals surface area contributed by atoms with E-state index < -0.39 is 0 Å². The summed E-state index contributed by atoms with van der Waals surface area (Å²) in [7, 11) is 0. The molecule has 1 aliphatic heterocycles. The van der Waals surface area contributed by atoms with E-state index in [9.17, 15) is 0 Å². The van der Waals surface area contributed by atoms with E-state index in [-0.39, 0.29) is 0 Å². The molecule has 1 unspecified atom stereocenters. The second-order valence-corrected chi connectivity index (χ2v) is 5.89. The van der Waals surface area contributed by atoms with Crippen LogP contribution < -0.4 is 0 Å². The minimum absolute atomic E-state index is 0.602. The lowest BCUT2D eigenvalue weighted by Gasteiger charge is -2.22. The Balaban J connectivity index is 2.07. The number of rotatable bonds is 2. The number of thiophene rings is 1. The molecular formula is C10H14BrNS. The van der Waals surface area contributed by atoms with Crippen molar-refractivity contribution in [3.05, 3.63) is 20.8 Å². The molecule has 1 fully saturated rings. The van der Waals surface area contributed by atoms with Gasteiger partial charge >= 0.3 is 0 Å². The number of hydrogen-bond donors (Lipinski definition) is 0. The summed E-state index contributed by atoms with van der Waals surface area (Å²) >= 11 is 5.29. The maximum absolute atomic E-state index is 3.51. The zero-order valence-electron chi connectivity index (χ0n) is 7.79. The van der Waals surface area contributed by atoms with Crippen molar-refractivity contribution in [2.45, 2.75) is 25.8 Å². The first-order valence-corrected chi connectivity index (χ1v) is 6.42. The Morgan fingerprint density at radius 3 is 2.69 bits per heavy atom. The van der Waals surface area contributed by atoms with Crippen molar-refractivity contribution in [3.8, 4) is 0 Å². The van der Waals surface area contributed by atoms with Crippen molar-refractivity contribution in [1.82, 2.24) is 4.90 Å². The number of nitrogens with zero attached hydrogens (tertiary/aromatic N) is 1. The summed E-state index contributed by atoms with van der Waals surface area (Å²) < 4.78 is 1.24. The van der Waals surface area contributed by atoms with Gasteiger partial charge in [0, 0.05) is 6.04 Å². The van der Waals surface area contributed by atoms with Crippen LogP contribution in [0.3, 0.4) is 0 Å². The summed E-state index contributed by atoms with van der Waals surface area (Å²) in [4.78, 5) is 2.56. The SMILES string of the molecule is CC(c1csc(Br)c1)N1CCCC1. The number of halogens is 1. The molecule has 0 amide bonds. The molecule has 2 rings (SSSR count). The van der Waals surface area contributed by atoms with E-state index in [1.807, 2.05) is 0 Å². The first-order chi connectivity index (χ1) is 6.27. The minimum atomic E-state index is 0.602. The fourth-order valence-corrected chi connectivity index (χ4v) is 3.14. The fraction of sp³-hybridized carbons (Fsp3) is 0.600. The third kappa shape index (κ3) is 2.14. The van der Waals surface area contributed by atoms with Gasteiger partial charge in [-0.05, 0) is 65.8 Å². The van der Waals surface area contributed by atoms with E-state index in [0.717, 1.165) is 0 Å². The Labute approximate surface area is 91.9 Å². The van der Waals surface area contributed by atoms with Crippen LogP contribution in [-0.4, -0.2) is 18.0 Å². The van der Waals surface area contributed by atoms with Crippen LogP contribution in [0.2, 0.25) is 0 Å². The van der Waals surface area contributed by atoms with E-state index in [4.69, 9.17) is 0 Å². The lowest BCUT2D eigenvalue weighted by Crippen LogP contribution is -2.22. The highest BCUT2D eigenvalue weighted by Gasteiger charge is 2.19. The van der Waals surface area contributed by atoms with Crippen LogP contribution in [0.25, 0.3) is 0 Å². The molecule has 0 radical (unpaired) electrons. The van der Waals surface area contributed by atoms with Gasteiger partial charge in [0.25, 0.3) is 0 Å². The van der Waals surface area contributed by atoms with Crippen LogP contribution in [0.4, 0.5) is 0 Å². The number of likely N-dealkylation sites (tertiary alicyclic amines) is 1. The summed E-state index contributed by atoms with van der Waals surface area (Å²) in [6, 6.07) is 2.85. The average molecular weight is 260 g/mol. The lowest BCUT2D eigenvalue weighted by atomic mass is 10.1. The van der Waals surface area contributed by atoms with Gasteiger partial charge in [0.2, 0.25) is 0 Å². The van der Waals surface area contributed by atoms with Gasteiger partial charge in [-0.2, -0.15) is 0 Å². The molecule has 0 spiro atoms. The van der Waals surface area contributed by atoms with E-state index >= 15 is 0 Å². The van der Waals surface area contributed by atoms with E-state index in [1.54, 1.807) is 11.3 Å². The Morgan fingerprint density at radius 2 is 2.15 bits per heavy atom. The quantitative estimate of drug-likeness (QED) is 0.784. The summed E-state index contributed by atoms with van der Waals surface area (Å²) in [6.45, 7) is 4.85. The van der Waals surface area contributed by atoms with Gasteiger partial charge < -0.3 is 0 Å². The standard InChI is InChI=1S/C10H14BrNS/c1-8(12-4-2-3-5-12)9-6-10(11)13-7-9/h6-8H,2-5H2,1H3. The maximum Gasteiger partial charge on any atom is 0.0701 e. The first-order valence-electron chi connectivity index (χ1n) is 4.75.